The number of aliphatic hydroxyl groups is 2. The van der Waals surface area contributed by atoms with Crippen molar-refractivity contribution in [2.45, 2.75) is 219 Å². The Balaban J connectivity index is 4.70. The average Bonchev–Trinajstić information content (AvgIpc) is 3.18. The summed E-state index contributed by atoms with van der Waals surface area (Å²) in [6.07, 6.45) is 52.7. The Kier molecular flexibility index (Phi) is 40.4. The minimum atomic E-state index is -0.819. The maximum Gasteiger partial charge on any atom is 0.306 e. The van der Waals surface area contributed by atoms with Gasteiger partial charge in [-0.05, 0) is 38.5 Å². The van der Waals surface area contributed by atoms with Gasteiger partial charge in [0.2, 0.25) is 5.91 Å². The van der Waals surface area contributed by atoms with E-state index >= 15 is 0 Å². The number of amides is 1. The van der Waals surface area contributed by atoms with E-state index in [0.29, 0.717) is 19.3 Å². The first-order valence-corrected chi connectivity index (χ1v) is 22.7. The lowest BCUT2D eigenvalue weighted by molar-refractivity contribution is -0.150. The maximum absolute atomic E-state index is 13.1. The first-order chi connectivity index (χ1) is 27.0. The SMILES string of the molecule is CC/C=C/C=C/C=C\C=C/C=C/CC(CC(=O)NC(CO)C(O)CCCCCCCCCCCCCCCC)OC(=O)CCCCCCC/C=C\CCCC. The molecule has 3 atom stereocenters. The second-order valence-electron chi connectivity index (χ2n) is 15.2. The minimum absolute atomic E-state index is 0.0242. The van der Waals surface area contributed by atoms with Crippen LogP contribution in [0.2, 0.25) is 0 Å². The number of aliphatic hydroxyl groups excluding tert-OH is 2. The van der Waals surface area contributed by atoms with Crippen molar-refractivity contribution in [3.05, 3.63) is 72.9 Å². The van der Waals surface area contributed by atoms with Gasteiger partial charge in [0, 0.05) is 12.8 Å². The maximum atomic E-state index is 13.1. The summed E-state index contributed by atoms with van der Waals surface area (Å²) in [6.45, 7) is 6.24. The van der Waals surface area contributed by atoms with Gasteiger partial charge in [-0.1, -0.05) is 216 Å². The van der Waals surface area contributed by atoms with Crippen LogP contribution in [0.3, 0.4) is 0 Å². The van der Waals surface area contributed by atoms with Gasteiger partial charge in [0.25, 0.3) is 0 Å². The Hall–Kier alpha value is -2.70. The molecule has 0 rings (SSSR count). The van der Waals surface area contributed by atoms with Crippen molar-refractivity contribution in [1.29, 1.82) is 0 Å². The molecule has 316 valence electrons. The number of ether oxygens (including phenoxy) is 1. The van der Waals surface area contributed by atoms with E-state index in [0.717, 1.165) is 57.8 Å². The number of rotatable bonds is 39. The number of carbonyl (C=O) groups is 2. The molecule has 0 aromatic rings. The molecule has 0 fully saturated rings. The second kappa shape index (κ2) is 42.4. The highest BCUT2D eigenvalue weighted by atomic mass is 16.5. The molecule has 0 heterocycles. The molecule has 0 aliphatic heterocycles. The Morgan fingerprint density at radius 3 is 1.58 bits per heavy atom. The van der Waals surface area contributed by atoms with Crippen molar-refractivity contribution < 1.29 is 24.5 Å². The highest BCUT2D eigenvalue weighted by molar-refractivity contribution is 5.77. The molecule has 1 amide bonds. The van der Waals surface area contributed by atoms with Crippen LogP contribution in [0.5, 0.6) is 0 Å². The Morgan fingerprint density at radius 1 is 0.564 bits per heavy atom. The third-order valence-corrected chi connectivity index (χ3v) is 9.90. The smallest absolute Gasteiger partial charge is 0.306 e. The molecule has 0 spiro atoms. The molecule has 0 aromatic carbocycles. The van der Waals surface area contributed by atoms with Crippen LogP contribution in [0.15, 0.2) is 72.9 Å². The van der Waals surface area contributed by atoms with Crippen molar-refractivity contribution in [3.8, 4) is 0 Å². The number of esters is 1. The molecule has 55 heavy (non-hydrogen) atoms. The molecule has 0 aliphatic carbocycles. The van der Waals surface area contributed by atoms with Crippen LogP contribution < -0.4 is 5.32 Å². The van der Waals surface area contributed by atoms with Gasteiger partial charge >= 0.3 is 5.97 Å². The predicted molar refractivity (Wildman–Crippen MR) is 236 cm³/mol. The largest absolute Gasteiger partial charge is 0.461 e. The van der Waals surface area contributed by atoms with Crippen LogP contribution in [0, 0.1) is 0 Å². The van der Waals surface area contributed by atoms with E-state index in [1.807, 2.05) is 54.7 Å². The third kappa shape index (κ3) is 38.0. The number of allylic oxidation sites excluding steroid dienone is 11. The average molecular weight is 768 g/mol. The van der Waals surface area contributed by atoms with Crippen LogP contribution in [-0.2, 0) is 14.3 Å². The van der Waals surface area contributed by atoms with Gasteiger partial charge in [-0.15, -0.1) is 0 Å². The van der Waals surface area contributed by atoms with Crippen molar-refractivity contribution in [2.24, 2.45) is 0 Å². The minimum Gasteiger partial charge on any atom is -0.461 e. The lowest BCUT2D eigenvalue weighted by atomic mass is 10.0. The van der Waals surface area contributed by atoms with Gasteiger partial charge in [0.05, 0.1) is 25.2 Å². The molecule has 0 radical (unpaired) electrons. The van der Waals surface area contributed by atoms with E-state index in [4.69, 9.17) is 4.74 Å². The molecule has 0 saturated heterocycles. The summed E-state index contributed by atoms with van der Waals surface area (Å²) in [6, 6.07) is -0.741. The fourth-order valence-corrected chi connectivity index (χ4v) is 6.43. The van der Waals surface area contributed by atoms with E-state index in [9.17, 15) is 19.8 Å². The van der Waals surface area contributed by atoms with Gasteiger partial charge in [-0.3, -0.25) is 9.59 Å². The summed E-state index contributed by atoms with van der Waals surface area (Å²) in [5.41, 5.74) is 0. The second-order valence-corrected chi connectivity index (χ2v) is 15.2. The summed E-state index contributed by atoms with van der Waals surface area (Å²) in [5, 5.41) is 23.6. The molecule has 0 aliphatic rings. The quantitative estimate of drug-likeness (QED) is 0.0250. The Bertz CT molecular complexity index is 1040. The van der Waals surface area contributed by atoms with Crippen molar-refractivity contribution in [1.82, 2.24) is 5.32 Å². The lowest BCUT2D eigenvalue weighted by Crippen LogP contribution is -2.46. The van der Waals surface area contributed by atoms with Crippen molar-refractivity contribution >= 4 is 11.9 Å². The van der Waals surface area contributed by atoms with Gasteiger partial charge in [0.15, 0.2) is 0 Å². The van der Waals surface area contributed by atoms with E-state index < -0.39 is 18.2 Å². The molecule has 6 heteroatoms. The molecular weight excluding hydrogens is 683 g/mol. The zero-order valence-electron chi connectivity index (χ0n) is 35.8. The Labute approximate surface area is 339 Å². The summed E-state index contributed by atoms with van der Waals surface area (Å²) < 4.78 is 5.80. The molecule has 0 saturated carbocycles. The van der Waals surface area contributed by atoms with E-state index in [1.165, 1.54) is 96.3 Å². The van der Waals surface area contributed by atoms with Crippen LogP contribution in [0.25, 0.3) is 0 Å². The Morgan fingerprint density at radius 2 is 1.04 bits per heavy atom. The van der Waals surface area contributed by atoms with Gasteiger partial charge in [-0.25, -0.2) is 0 Å². The molecule has 0 aromatic heterocycles. The molecule has 6 nitrogen and oxygen atoms in total. The fraction of sp³-hybridized carbons (Fsp3) is 0.714. The molecule has 3 N–H and O–H groups in total. The zero-order valence-corrected chi connectivity index (χ0v) is 35.8. The normalized spacial score (nSPS) is 14.1. The zero-order chi connectivity index (χ0) is 40.3. The number of hydrogen-bond donors (Lipinski definition) is 3. The highest BCUT2D eigenvalue weighted by Crippen LogP contribution is 2.16. The summed E-state index contributed by atoms with van der Waals surface area (Å²) in [5.74, 6) is -0.625. The number of carbonyl (C=O) groups excluding carboxylic acids is 2. The number of unbranched alkanes of at least 4 members (excludes halogenated alkanes) is 20. The standard InChI is InChI=1S/C49H85NO5/c1-4-7-10-13-16-19-22-23-24-27-29-32-35-38-41-47(52)46(44-51)50-48(53)43-45(40-37-34-31-28-25-20-17-14-11-8-5-2)55-49(54)42-39-36-33-30-26-21-18-15-12-9-6-3/h8,11,14-15,17-18,20,25,28,31,34,37,45-47,51-52H,4-7,9-10,12-13,16,19,21-24,26-27,29-30,32-33,35-36,38-44H2,1-3H3,(H,50,53)/b11-8+,17-14+,18-15-,25-20-,31-28-,37-34+. The lowest BCUT2D eigenvalue weighted by Gasteiger charge is -2.24. The van der Waals surface area contributed by atoms with Gasteiger partial charge < -0.3 is 20.3 Å². The monoisotopic (exact) mass is 768 g/mol. The molecule has 3 unspecified atom stereocenters. The van der Waals surface area contributed by atoms with Gasteiger partial charge in [0.1, 0.15) is 6.10 Å². The van der Waals surface area contributed by atoms with Crippen LogP contribution in [0.4, 0.5) is 0 Å². The summed E-state index contributed by atoms with van der Waals surface area (Å²) in [7, 11) is 0. The third-order valence-electron chi connectivity index (χ3n) is 9.90. The van der Waals surface area contributed by atoms with Gasteiger partial charge in [-0.2, -0.15) is 0 Å². The van der Waals surface area contributed by atoms with E-state index in [-0.39, 0.29) is 24.9 Å². The number of nitrogens with one attached hydrogen (secondary N) is 1. The topological polar surface area (TPSA) is 95.9 Å². The molecular formula is C49H85NO5. The van der Waals surface area contributed by atoms with Crippen LogP contribution in [-0.4, -0.2) is 46.9 Å². The first kappa shape index (κ1) is 52.3. The predicted octanol–water partition coefficient (Wildman–Crippen LogP) is 13.1. The van der Waals surface area contributed by atoms with Crippen molar-refractivity contribution in [3.63, 3.8) is 0 Å². The first-order valence-electron chi connectivity index (χ1n) is 22.7. The van der Waals surface area contributed by atoms with E-state index in [1.54, 1.807) is 0 Å². The number of hydrogen-bond acceptors (Lipinski definition) is 5. The highest BCUT2D eigenvalue weighted by Gasteiger charge is 2.23. The molecule has 0 bridgehead atoms. The summed E-state index contributed by atoms with van der Waals surface area (Å²) >= 11 is 0. The van der Waals surface area contributed by atoms with E-state index in [2.05, 4.69) is 44.3 Å². The fourth-order valence-electron chi connectivity index (χ4n) is 6.43. The van der Waals surface area contributed by atoms with Crippen LogP contribution in [0.1, 0.15) is 201 Å². The summed E-state index contributed by atoms with van der Waals surface area (Å²) in [4.78, 5) is 25.9. The van der Waals surface area contributed by atoms with Crippen LogP contribution >= 0.6 is 0 Å². The van der Waals surface area contributed by atoms with Crippen molar-refractivity contribution in [2.75, 3.05) is 6.61 Å².